The zero-order valence-electron chi connectivity index (χ0n) is 9.80. The first-order valence-electron chi connectivity index (χ1n) is 5.59. The van der Waals surface area contributed by atoms with E-state index in [1.807, 2.05) is 23.7 Å². The lowest BCUT2D eigenvalue weighted by Crippen LogP contribution is -1.82. The van der Waals surface area contributed by atoms with Gasteiger partial charge < -0.3 is 5.11 Å². The smallest absolute Gasteiger partial charge is 0.150 e. The number of hydrogen-bond acceptors (Lipinski definition) is 4. The number of aromatic nitrogens is 1. The summed E-state index contributed by atoms with van der Waals surface area (Å²) in [7, 11) is 0. The van der Waals surface area contributed by atoms with Crippen LogP contribution in [0.4, 0.5) is 0 Å². The van der Waals surface area contributed by atoms with Gasteiger partial charge in [0.1, 0.15) is 4.34 Å². The molecule has 18 heavy (non-hydrogen) atoms. The van der Waals surface area contributed by atoms with Crippen LogP contribution >= 0.6 is 23.1 Å². The van der Waals surface area contributed by atoms with E-state index in [4.69, 9.17) is 5.11 Å². The summed E-state index contributed by atoms with van der Waals surface area (Å²) < 4.78 is 1.10. The molecule has 2 rings (SSSR count). The Morgan fingerprint density at radius 3 is 2.78 bits per heavy atom. The van der Waals surface area contributed by atoms with Crippen LogP contribution in [0.25, 0.3) is 0 Å². The molecule has 1 N–H and O–H groups in total. The summed E-state index contributed by atoms with van der Waals surface area (Å²) in [6.07, 6.45) is 2.36. The highest BCUT2D eigenvalue weighted by molar-refractivity contribution is 8.00. The lowest BCUT2D eigenvalue weighted by atomic mass is 10.1. The number of benzene rings is 1. The number of hydrogen-bond donors (Lipinski definition) is 1. The fraction of sp³-hybridized carbons (Fsp3) is 0.214. The van der Waals surface area contributed by atoms with Crippen molar-refractivity contribution in [1.29, 1.82) is 0 Å². The van der Waals surface area contributed by atoms with E-state index in [0.717, 1.165) is 15.7 Å². The van der Waals surface area contributed by atoms with Gasteiger partial charge >= 0.3 is 0 Å². The number of aliphatic hydroxyl groups is 1. The zero-order valence-corrected chi connectivity index (χ0v) is 11.4. The molecule has 4 heteroatoms. The second kappa shape index (κ2) is 7.22. The fourth-order valence-corrected chi connectivity index (χ4v) is 2.92. The Morgan fingerprint density at radius 2 is 2.11 bits per heavy atom. The molecule has 0 amide bonds. The first kappa shape index (κ1) is 13.2. The van der Waals surface area contributed by atoms with Gasteiger partial charge in [0, 0.05) is 29.3 Å². The van der Waals surface area contributed by atoms with Gasteiger partial charge in [0.05, 0.1) is 6.61 Å². The minimum absolute atomic E-state index is 0.121. The molecule has 0 atom stereocenters. The summed E-state index contributed by atoms with van der Waals surface area (Å²) >= 11 is 3.41. The molecule has 0 bridgehead atoms. The molecule has 2 aromatic rings. The Balaban J connectivity index is 1.90. The molecule has 1 heterocycles. The van der Waals surface area contributed by atoms with E-state index in [2.05, 4.69) is 29.0 Å². The largest absolute Gasteiger partial charge is 0.395 e. The lowest BCUT2D eigenvalue weighted by Gasteiger charge is -1.99. The van der Waals surface area contributed by atoms with Crippen LogP contribution in [0.2, 0.25) is 0 Å². The minimum atomic E-state index is 0.121. The van der Waals surface area contributed by atoms with E-state index in [1.165, 1.54) is 5.56 Å². The van der Waals surface area contributed by atoms with Gasteiger partial charge in [-0.25, -0.2) is 4.98 Å². The lowest BCUT2D eigenvalue weighted by molar-refractivity contribution is 0.305. The van der Waals surface area contributed by atoms with Crippen LogP contribution in [0.15, 0.2) is 40.2 Å². The third-order valence-corrected chi connectivity index (χ3v) is 4.23. The number of thiazole rings is 1. The van der Waals surface area contributed by atoms with Crippen molar-refractivity contribution in [2.45, 2.75) is 16.5 Å². The molecule has 0 radical (unpaired) electrons. The Morgan fingerprint density at radius 1 is 1.28 bits per heavy atom. The van der Waals surface area contributed by atoms with E-state index < -0.39 is 0 Å². The minimum Gasteiger partial charge on any atom is -0.395 e. The van der Waals surface area contributed by atoms with E-state index in [9.17, 15) is 0 Å². The van der Waals surface area contributed by atoms with Gasteiger partial charge in [-0.1, -0.05) is 35.7 Å². The van der Waals surface area contributed by atoms with Crippen molar-refractivity contribution in [3.63, 3.8) is 0 Å². The molecule has 92 valence electrons. The molecule has 1 aromatic carbocycles. The second-order valence-corrected chi connectivity index (χ2v) is 5.68. The molecule has 0 saturated heterocycles. The summed E-state index contributed by atoms with van der Waals surface area (Å²) in [4.78, 5) is 4.23. The molecule has 0 unspecified atom stereocenters. The molecule has 0 aliphatic rings. The van der Waals surface area contributed by atoms with Crippen molar-refractivity contribution in [3.8, 4) is 11.8 Å². The van der Waals surface area contributed by atoms with E-state index in [1.54, 1.807) is 23.1 Å². The van der Waals surface area contributed by atoms with Crippen LogP contribution in [0.5, 0.6) is 0 Å². The average molecular weight is 275 g/mol. The summed E-state index contributed by atoms with van der Waals surface area (Å²) in [6.45, 7) is 0.121. The maximum atomic E-state index is 8.64. The predicted octanol–water partition coefficient (Wildman–Crippen LogP) is 3.17. The van der Waals surface area contributed by atoms with Crippen LogP contribution in [-0.2, 0) is 5.75 Å². The van der Waals surface area contributed by atoms with Gasteiger partial charge in [-0.05, 0) is 17.7 Å². The summed E-state index contributed by atoms with van der Waals surface area (Å²) in [5, 5.41) is 10.6. The maximum Gasteiger partial charge on any atom is 0.150 e. The summed E-state index contributed by atoms with van der Waals surface area (Å²) in [5.41, 5.74) is 2.26. The molecule has 0 spiro atoms. The monoisotopic (exact) mass is 275 g/mol. The normalized spacial score (nSPS) is 9.83. The zero-order chi connectivity index (χ0) is 12.6. The molecule has 0 fully saturated rings. The number of rotatable bonds is 4. The Labute approximate surface area is 115 Å². The molecular weight excluding hydrogens is 262 g/mol. The van der Waals surface area contributed by atoms with Crippen LogP contribution in [0.3, 0.4) is 0 Å². The highest BCUT2D eigenvalue weighted by atomic mass is 32.2. The highest BCUT2D eigenvalue weighted by Gasteiger charge is 1.98. The van der Waals surface area contributed by atoms with Gasteiger partial charge in [-0.15, -0.1) is 11.3 Å². The Kier molecular flexibility index (Phi) is 5.28. The number of nitrogens with zero attached hydrogens (tertiary/aromatic N) is 1. The van der Waals surface area contributed by atoms with Crippen LogP contribution in [0.1, 0.15) is 17.5 Å². The van der Waals surface area contributed by atoms with Crippen molar-refractivity contribution in [2.75, 3.05) is 6.61 Å². The van der Waals surface area contributed by atoms with Gasteiger partial charge in [0.15, 0.2) is 0 Å². The first-order valence-corrected chi connectivity index (χ1v) is 7.46. The van der Waals surface area contributed by atoms with Crippen LogP contribution < -0.4 is 0 Å². The third kappa shape index (κ3) is 4.19. The molecule has 0 saturated carbocycles. The second-order valence-electron chi connectivity index (χ2n) is 3.56. The van der Waals surface area contributed by atoms with Gasteiger partial charge in [0.2, 0.25) is 0 Å². The van der Waals surface area contributed by atoms with Crippen LogP contribution in [-0.4, -0.2) is 16.7 Å². The Hall–Kier alpha value is -1.28. The van der Waals surface area contributed by atoms with Crippen molar-refractivity contribution in [3.05, 3.63) is 47.0 Å². The van der Waals surface area contributed by atoms with Gasteiger partial charge in [-0.2, -0.15) is 0 Å². The molecule has 0 aliphatic heterocycles. The van der Waals surface area contributed by atoms with Crippen molar-refractivity contribution in [2.24, 2.45) is 0 Å². The number of thioether (sulfide) groups is 1. The maximum absolute atomic E-state index is 8.64. The fourth-order valence-electron chi connectivity index (χ4n) is 1.33. The van der Waals surface area contributed by atoms with E-state index in [0.29, 0.717) is 6.42 Å². The topological polar surface area (TPSA) is 33.1 Å². The molecule has 1 aromatic heterocycles. The quantitative estimate of drug-likeness (QED) is 0.687. The van der Waals surface area contributed by atoms with Crippen molar-refractivity contribution < 1.29 is 5.11 Å². The molecular formula is C14H13NOS2. The van der Waals surface area contributed by atoms with E-state index in [-0.39, 0.29) is 6.61 Å². The molecule has 0 aliphatic carbocycles. The average Bonchev–Trinajstić information content (AvgIpc) is 2.91. The van der Waals surface area contributed by atoms with Gasteiger partial charge in [0.25, 0.3) is 0 Å². The SMILES string of the molecule is OCCC#Cc1ccc(CSc2nccs2)cc1. The first-order chi connectivity index (χ1) is 8.88. The third-order valence-electron chi connectivity index (χ3n) is 2.20. The van der Waals surface area contributed by atoms with Crippen LogP contribution in [0, 0.1) is 11.8 Å². The van der Waals surface area contributed by atoms with Crippen molar-refractivity contribution in [1.82, 2.24) is 4.98 Å². The van der Waals surface area contributed by atoms with E-state index >= 15 is 0 Å². The number of aliphatic hydroxyl groups excluding tert-OH is 1. The van der Waals surface area contributed by atoms with Crippen molar-refractivity contribution >= 4 is 23.1 Å². The highest BCUT2D eigenvalue weighted by Crippen LogP contribution is 2.24. The summed E-state index contributed by atoms with van der Waals surface area (Å²) in [5.74, 6) is 6.86. The van der Waals surface area contributed by atoms with Gasteiger partial charge in [-0.3, -0.25) is 0 Å². The standard InChI is InChI=1S/C14H13NOS2/c16-9-2-1-3-12-4-6-13(7-5-12)11-18-14-15-8-10-17-14/h4-8,10,16H,2,9,11H2. The Bertz CT molecular complexity index is 523. The predicted molar refractivity (Wildman–Crippen MR) is 76.7 cm³/mol. The molecule has 2 nitrogen and oxygen atoms in total. The summed E-state index contributed by atoms with van der Waals surface area (Å²) in [6, 6.07) is 8.21.